The Morgan fingerprint density at radius 2 is 1.83 bits per heavy atom. The average molecular weight is 571 g/mol. The largest absolute Gasteiger partial charge is 0.488 e. The van der Waals surface area contributed by atoms with Crippen molar-refractivity contribution in [2.75, 3.05) is 6.54 Å². The molecule has 2 aliphatic heterocycles. The summed E-state index contributed by atoms with van der Waals surface area (Å²) in [4.78, 5) is 23.4. The number of aliphatic hydroxyl groups is 1. The van der Waals surface area contributed by atoms with E-state index < -0.39 is 16.8 Å². The number of ether oxygens (including phenoxy) is 2. The van der Waals surface area contributed by atoms with E-state index >= 15 is 0 Å². The highest BCUT2D eigenvalue weighted by atomic mass is 16.6. The van der Waals surface area contributed by atoms with Gasteiger partial charge < -0.3 is 24.2 Å². The third-order valence-electron chi connectivity index (χ3n) is 8.86. The lowest BCUT2D eigenvalue weighted by atomic mass is 9.80. The van der Waals surface area contributed by atoms with Gasteiger partial charge in [0, 0.05) is 23.4 Å². The average Bonchev–Trinajstić information content (AvgIpc) is 3.56. The van der Waals surface area contributed by atoms with Gasteiger partial charge in [-0.2, -0.15) is 0 Å². The minimum Gasteiger partial charge on any atom is -0.488 e. The Labute approximate surface area is 249 Å². The van der Waals surface area contributed by atoms with E-state index in [4.69, 9.17) is 19.1 Å². The van der Waals surface area contributed by atoms with Crippen LogP contribution in [-0.2, 0) is 28.8 Å². The summed E-state index contributed by atoms with van der Waals surface area (Å²) in [7, 11) is 1.71. The number of carbonyl (C=O) groups is 1. The number of hydrogen-bond acceptors (Lipinski definition) is 6. The van der Waals surface area contributed by atoms with Gasteiger partial charge in [-0.1, -0.05) is 23.7 Å². The molecule has 1 atom stereocenters. The van der Waals surface area contributed by atoms with Crippen LogP contribution in [0.2, 0.25) is 0 Å². The van der Waals surface area contributed by atoms with Crippen LogP contribution >= 0.6 is 0 Å². The van der Waals surface area contributed by atoms with Crippen molar-refractivity contribution in [3.8, 4) is 28.1 Å². The van der Waals surface area contributed by atoms with Gasteiger partial charge in [0.05, 0.1) is 22.9 Å². The van der Waals surface area contributed by atoms with Gasteiger partial charge in [-0.15, -0.1) is 0 Å². The highest BCUT2D eigenvalue weighted by Gasteiger charge is 2.37. The molecule has 0 spiro atoms. The third-order valence-corrected chi connectivity index (χ3v) is 8.86. The van der Waals surface area contributed by atoms with Crippen LogP contribution in [0.25, 0.3) is 22.4 Å². The van der Waals surface area contributed by atoms with Crippen LogP contribution in [0, 0.1) is 0 Å². The number of imidazole rings is 1. The van der Waals surface area contributed by atoms with Gasteiger partial charge in [0.25, 0.3) is 0 Å². The van der Waals surface area contributed by atoms with Crippen molar-refractivity contribution in [1.29, 1.82) is 0 Å². The maximum absolute atomic E-state index is 12.9. The Hall–Kier alpha value is -3.30. The summed E-state index contributed by atoms with van der Waals surface area (Å²) < 4.78 is 17.9. The number of rotatable bonds is 5. The lowest BCUT2D eigenvalue weighted by molar-refractivity contribution is -0.0893. The van der Waals surface area contributed by atoms with E-state index in [1.165, 1.54) is 5.56 Å². The SMILES string of the molecule is CC(C)(C)OC(=O)N1CCC[C@H]1c1nc2c([nH]1)CCc1cc3c(cc1-2)OCc1cc([B]OC(C)(C)C(C)(C)O)ccc1-3. The molecule has 1 amide bonds. The zero-order valence-corrected chi connectivity index (χ0v) is 25.8. The van der Waals surface area contributed by atoms with Crippen molar-refractivity contribution in [1.82, 2.24) is 14.9 Å². The number of nitrogens with one attached hydrogen (secondary N) is 1. The van der Waals surface area contributed by atoms with Crippen LogP contribution < -0.4 is 10.2 Å². The Morgan fingerprint density at radius 1 is 1.05 bits per heavy atom. The van der Waals surface area contributed by atoms with Crippen LogP contribution in [0.3, 0.4) is 0 Å². The number of H-pyrrole nitrogens is 1. The number of nitrogens with zero attached hydrogens (tertiary/aromatic N) is 2. The van der Waals surface area contributed by atoms with Gasteiger partial charge in [-0.25, -0.2) is 9.78 Å². The molecule has 2 N–H and O–H groups in total. The van der Waals surface area contributed by atoms with Gasteiger partial charge in [0.2, 0.25) is 0 Å². The molecule has 6 rings (SSSR count). The highest BCUT2D eigenvalue weighted by molar-refractivity contribution is 6.47. The van der Waals surface area contributed by atoms with Crippen LogP contribution in [0.5, 0.6) is 5.75 Å². The molecule has 1 aromatic heterocycles. The predicted molar refractivity (Wildman–Crippen MR) is 163 cm³/mol. The molecule has 1 saturated heterocycles. The summed E-state index contributed by atoms with van der Waals surface area (Å²) >= 11 is 0. The van der Waals surface area contributed by atoms with Crippen LogP contribution in [-0.4, -0.2) is 56.9 Å². The zero-order chi connectivity index (χ0) is 30.0. The lowest BCUT2D eigenvalue weighted by Gasteiger charge is -2.37. The zero-order valence-electron chi connectivity index (χ0n) is 25.8. The molecule has 3 heterocycles. The third kappa shape index (κ3) is 5.33. The van der Waals surface area contributed by atoms with E-state index in [9.17, 15) is 9.90 Å². The van der Waals surface area contributed by atoms with Crippen molar-refractivity contribution in [2.45, 2.75) is 104 Å². The topological polar surface area (TPSA) is 96.9 Å². The number of likely N-dealkylation sites (tertiary alicyclic amines) is 1. The molecule has 0 unspecified atom stereocenters. The summed E-state index contributed by atoms with van der Waals surface area (Å²) in [5.74, 6) is 1.69. The molecule has 1 aliphatic carbocycles. The molecule has 0 bridgehead atoms. The van der Waals surface area contributed by atoms with E-state index in [0.29, 0.717) is 13.2 Å². The molecule has 3 aliphatic rings. The molecular weight excluding hydrogens is 529 g/mol. The van der Waals surface area contributed by atoms with Gasteiger partial charge >= 0.3 is 13.6 Å². The molecule has 221 valence electrons. The minimum atomic E-state index is -0.984. The molecule has 42 heavy (non-hydrogen) atoms. The first-order chi connectivity index (χ1) is 19.7. The van der Waals surface area contributed by atoms with Crippen LogP contribution in [0.15, 0.2) is 30.3 Å². The maximum Gasteiger partial charge on any atom is 0.410 e. The summed E-state index contributed by atoms with van der Waals surface area (Å²) in [5, 5.41) is 10.4. The van der Waals surface area contributed by atoms with E-state index in [1.807, 2.05) is 45.6 Å². The number of fused-ring (bicyclic) bond motifs is 6. The molecule has 0 saturated carbocycles. The first kappa shape index (κ1) is 28.8. The number of benzene rings is 2. The van der Waals surface area contributed by atoms with Crippen molar-refractivity contribution in [3.63, 3.8) is 0 Å². The van der Waals surface area contributed by atoms with Crippen molar-refractivity contribution in [3.05, 3.63) is 53.0 Å². The lowest BCUT2D eigenvalue weighted by Crippen LogP contribution is -2.49. The first-order valence-corrected chi connectivity index (χ1v) is 15.0. The molecule has 1 radical (unpaired) electrons. The number of aryl methyl sites for hydroxylation is 2. The molecule has 2 aromatic carbocycles. The fourth-order valence-electron chi connectivity index (χ4n) is 5.81. The Balaban J connectivity index is 1.25. The molecular formula is C33H41BN3O5. The molecule has 1 fully saturated rings. The second-order valence-electron chi connectivity index (χ2n) is 13.8. The summed E-state index contributed by atoms with van der Waals surface area (Å²) in [6.45, 7) is 14.1. The number of hydrogen-bond donors (Lipinski definition) is 2. The Morgan fingerprint density at radius 3 is 2.57 bits per heavy atom. The van der Waals surface area contributed by atoms with Gasteiger partial charge in [-0.3, -0.25) is 4.90 Å². The summed E-state index contributed by atoms with van der Waals surface area (Å²) in [5.41, 5.74) is 6.42. The fraction of sp³-hybridized carbons (Fsp3) is 0.515. The number of carbonyl (C=O) groups excluding carboxylic acids is 1. The van der Waals surface area contributed by atoms with E-state index in [0.717, 1.165) is 76.4 Å². The number of amides is 1. The maximum atomic E-state index is 12.9. The highest BCUT2D eigenvalue weighted by Crippen LogP contribution is 2.44. The van der Waals surface area contributed by atoms with Gasteiger partial charge in [-0.05, 0) is 103 Å². The fourth-order valence-corrected chi connectivity index (χ4v) is 5.81. The first-order valence-electron chi connectivity index (χ1n) is 15.0. The van der Waals surface area contributed by atoms with Gasteiger partial charge in [0.15, 0.2) is 0 Å². The number of aromatic amines is 1. The number of aromatic nitrogens is 2. The standard InChI is InChI=1S/C33H41BN3O5/c1-31(2,3)41-30(38)37-14-8-9-26(37)29-35-25-13-10-19-16-24-22-12-11-21(34-42-33(6,7)32(4,5)39)15-20(22)18-40-27(24)17-23(19)28(25)36-29/h11-12,15-17,26,39H,8-10,13-14,18H2,1-7H3,(H,35,36)/t26-/m0/s1. The van der Waals surface area contributed by atoms with E-state index in [1.54, 1.807) is 21.3 Å². The van der Waals surface area contributed by atoms with E-state index in [-0.39, 0.29) is 12.1 Å². The molecule has 3 aromatic rings. The van der Waals surface area contributed by atoms with Crippen molar-refractivity contribution >= 4 is 19.0 Å². The molecule has 8 nitrogen and oxygen atoms in total. The second-order valence-corrected chi connectivity index (χ2v) is 13.8. The van der Waals surface area contributed by atoms with Crippen molar-refractivity contribution < 1.29 is 24.0 Å². The monoisotopic (exact) mass is 570 g/mol. The van der Waals surface area contributed by atoms with Crippen LogP contribution in [0.4, 0.5) is 4.79 Å². The van der Waals surface area contributed by atoms with Crippen LogP contribution in [0.1, 0.15) is 90.0 Å². The predicted octanol–water partition coefficient (Wildman–Crippen LogP) is 5.62. The minimum absolute atomic E-state index is 0.112. The van der Waals surface area contributed by atoms with E-state index in [2.05, 4.69) is 29.2 Å². The normalized spacial score (nSPS) is 18.0. The quantitative estimate of drug-likeness (QED) is 0.387. The summed E-state index contributed by atoms with van der Waals surface area (Å²) in [6, 6.07) is 10.5. The Kier molecular flexibility index (Phi) is 6.97. The van der Waals surface area contributed by atoms with Gasteiger partial charge in [0.1, 0.15) is 23.8 Å². The Bertz CT molecular complexity index is 1530. The van der Waals surface area contributed by atoms with Crippen molar-refractivity contribution in [2.24, 2.45) is 0 Å². The molecule has 9 heteroatoms. The smallest absolute Gasteiger partial charge is 0.410 e. The summed E-state index contributed by atoms with van der Waals surface area (Å²) in [6.07, 6.45) is 3.27. The second kappa shape index (κ2) is 10.2.